The fourth-order valence-electron chi connectivity index (χ4n) is 1.82. The van der Waals surface area contributed by atoms with E-state index in [4.69, 9.17) is 0 Å². The predicted molar refractivity (Wildman–Crippen MR) is 70.0 cm³/mol. The molecule has 2 aromatic heterocycles. The van der Waals surface area contributed by atoms with Crippen LogP contribution in [0.4, 0.5) is 0 Å². The topological polar surface area (TPSA) is 34.0 Å². The molecule has 0 aromatic carbocycles. The quantitative estimate of drug-likeness (QED) is 0.785. The Labute approximate surface area is 106 Å². The van der Waals surface area contributed by atoms with Crippen molar-refractivity contribution < 1.29 is 0 Å². The van der Waals surface area contributed by atoms with Gasteiger partial charge in [-0.25, -0.2) is 9.97 Å². The molecule has 0 aliphatic heterocycles. The van der Waals surface area contributed by atoms with E-state index in [-0.39, 0.29) is 0 Å². The molecule has 0 N–H and O–H groups in total. The normalized spacial score (nSPS) is 11.2. The second-order valence-corrected chi connectivity index (χ2v) is 4.99. The van der Waals surface area contributed by atoms with Gasteiger partial charge in [0.25, 0.3) is 0 Å². The molecule has 0 spiro atoms. The van der Waals surface area contributed by atoms with Crippen LogP contribution in [0.2, 0.25) is 0 Å². The van der Waals surface area contributed by atoms with Gasteiger partial charge in [0.1, 0.15) is 5.82 Å². The lowest BCUT2D eigenvalue weighted by Gasteiger charge is -2.14. The monoisotopic (exact) mass is 250 g/mol. The molecule has 0 aliphatic rings. The van der Waals surface area contributed by atoms with E-state index in [9.17, 15) is 0 Å². The summed E-state index contributed by atoms with van der Waals surface area (Å²) < 4.78 is 2.08. The minimum atomic E-state index is 0.935. The highest BCUT2D eigenvalue weighted by Gasteiger charge is 2.03. The molecule has 0 radical (unpaired) electrons. The Bertz CT molecular complexity index is 435. The summed E-state index contributed by atoms with van der Waals surface area (Å²) in [6, 6.07) is 0. The summed E-state index contributed by atoms with van der Waals surface area (Å²) in [7, 11) is 4.18. The van der Waals surface area contributed by atoms with Crippen LogP contribution in [-0.4, -0.2) is 33.0 Å². The van der Waals surface area contributed by atoms with Gasteiger partial charge in [0, 0.05) is 37.8 Å². The first-order valence-electron chi connectivity index (χ1n) is 5.77. The maximum atomic E-state index is 4.32. The SMILES string of the molecule is CN(CCCc1nccn1C)Cc1cscn1. The van der Waals surface area contributed by atoms with Crippen LogP contribution < -0.4 is 0 Å². The number of aryl methyl sites for hydroxylation is 2. The fraction of sp³-hybridized carbons (Fsp3) is 0.500. The molecule has 4 nitrogen and oxygen atoms in total. The van der Waals surface area contributed by atoms with E-state index in [0.29, 0.717) is 0 Å². The number of hydrogen-bond acceptors (Lipinski definition) is 4. The minimum Gasteiger partial charge on any atom is -0.338 e. The van der Waals surface area contributed by atoms with Gasteiger partial charge in [-0.1, -0.05) is 0 Å². The summed E-state index contributed by atoms with van der Waals surface area (Å²) in [5.41, 5.74) is 3.05. The zero-order valence-corrected chi connectivity index (χ0v) is 11.2. The average Bonchev–Trinajstić information content (AvgIpc) is 2.91. The van der Waals surface area contributed by atoms with Crippen LogP contribution in [-0.2, 0) is 20.0 Å². The number of imidazole rings is 1. The maximum Gasteiger partial charge on any atom is 0.108 e. The first-order valence-corrected chi connectivity index (χ1v) is 6.72. The summed E-state index contributed by atoms with van der Waals surface area (Å²) in [5.74, 6) is 1.16. The van der Waals surface area contributed by atoms with Crippen molar-refractivity contribution in [2.75, 3.05) is 13.6 Å². The highest BCUT2D eigenvalue weighted by atomic mass is 32.1. The van der Waals surface area contributed by atoms with Gasteiger partial charge in [0.05, 0.1) is 11.2 Å². The standard InChI is InChI=1S/C12H18N4S/c1-15(8-11-9-17-10-14-11)6-3-4-12-13-5-7-16(12)2/h5,7,9-10H,3-4,6,8H2,1-2H3. The van der Waals surface area contributed by atoms with Crippen molar-refractivity contribution in [1.29, 1.82) is 0 Å². The van der Waals surface area contributed by atoms with Gasteiger partial charge < -0.3 is 9.47 Å². The summed E-state index contributed by atoms with van der Waals surface area (Å²) >= 11 is 1.65. The van der Waals surface area contributed by atoms with E-state index in [1.54, 1.807) is 11.3 Å². The Hall–Kier alpha value is -1.20. The summed E-state index contributed by atoms with van der Waals surface area (Å²) in [6.07, 6.45) is 6.01. The zero-order chi connectivity index (χ0) is 12.1. The Morgan fingerprint density at radius 2 is 2.29 bits per heavy atom. The van der Waals surface area contributed by atoms with Crippen molar-refractivity contribution >= 4 is 11.3 Å². The Balaban J connectivity index is 1.70. The van der Waals surface area contributed by atoms with E-state index in [0.717, 1.165) is 37.4 Å². The third-order valence-corrected chi connectivity index (χ3v) is 3.41. The predicted octanol–water partition coefficient (Wildman–Crippen LogP) is 1.94. The van der Waals surface area contributed by atoms with Crippen molar-refractivity contribution in [2.45, 2.75) is 19.4 Å². The van der Waals surface area contributed by atoms with Gasteiger partial charge in [-0.2, -0.15) is 0 Å². The summed E-state index contributed by atoms with van der Waals surface area (Å²) in [6.45, 7) is 2.01. The van der Waals surface area contributed by atoms with Gasteiger partial charge in [0.2, 0.25) is 0 Å². The molecule has 0 saturated heterocycles. The molecule has 0 fully saturated rings. The number of hydrogen-bond donors (Lipinski definition) is 0. The van der Waals surface area contributed by atoms with Crippen molar-refractivity contribution in [3.8, 4) is 0 Å². The van der Waals surface area contributed by atoms with Crippen LogP contribution in [0, 0.1) is 0 Å². The molecule has 0 atom stereocenters. The lowest BCUT2D eigenvalue weighted by atomic mass is 10.3. The molecule has 92 valence electrons. The Kier molecular flexibility index (Phi) is 4.28. The Morgan fingerprint density at radius 3 is 2.94 bits per heavy atom. The molecule has 2 heterocycles. The third kappa shape index (κ3) is 3.64. The van der Waals surface area contributed by atoms with Gasteiger partial charge in [-0.05, 0) is 20.0 Å². The minimum absolute atomic E-state index is 0.935. The number of rotatable bonds is 6. The van der Waals surface area contributed by atoms with Crippen molar-refractivity contribution in [1.82, 2.24) is 19.4 Å². The van der Waals surface area contributed by atoms with Crippen molar-refractivity contribution in [3.05, 3.63) is 34.8 Å². The van der Waals surface area contributed by atoms with Crippen LogP contribution in [0.15, 0.2) is 23.3 Å². The molecule has 17 heavy (non-hydrogen) atoms. The van der Waals surface area contributed by atoms with Gasteiger partial charge >= 0.3 is 0 Å². The van der Waals surface area contributed by atoms with Crippen LogP contribution in [0.25, 0.3) is 0 Å². The maximum absolute atomic E-state index is 4.32. The molecule has 0 unspecified atom stereocenters. The van der Waals surface area contributed by atoms with Crippen LogP contribution in [0.1, 0.15) is 17.9 Å². The average molecular weight is 250 g/mol. The second-order valence-electron chi connectivity index (χ2n) is 4.28. The lowest BCUT2D eigenvalue weighted by Crippen LogP contribution is -2.20. The summed E-state index contributed by atoms with van der Waals surface area (Å²) in [5, 5.41) is 2.11. The fourth-order valence-corrected chi connectivity index (χ4v) is 2.37. The van der Waals surface area contributed by atoms with E-state index in [2.05, 4.69) is 31.9 Å². The summed E-state index contributed by atoms with van der Waals surface area (Å²) in [4.78, 5) is 10.9. The van der Waals surface area contributed by atoms with E-state index >= 15 is 0 Å². The Morgan fingerprint density at radius 1 is 1.41 bits per heavy atom. The second kappa shape index (κ2) is 5.93. The number of thiazole rings is 1. The molecule has 0 amide bonds. The highest BCUT2D eigenvalue weighted by Crippen LogP contribution is 2.05. The first-order chi connectivity index (χ1) is 8.25. The lowest BCUT2D eigenvalue weighted by molar-refractivity contribution is 0.317. The molecular formula is C12H18N4S. The van der Waals surface area contributed by atoms with Gasteiger partial charge in [-0.15, -0.1) is 11.3 Å². The van der Waals surface area contributed by atoms with Crippen LogP contribution in [0.3, 0.4) is 0 Å². The van der Waals surface area contributed by atoms with E-state index in [1.807, 2.05) is 25.0 Å². The number of aromatic nitrogens is 3. The highest BCUT2D eigenvalue weighted by molar-refractivity contribution is 7.07. The third-order valence-electron chi connectivity index (χ3n) is 2.78. The van der Waals surface area contributed by atoms with Crippen LogP contribution >= 0.6 is 11.3 Å². The smallest absolute Gasteiger partial charge is 0.108 e. The molecule has 5 heteroatoms. The zero-order valence-electron chi connectivity index (χ0n) is 10.3. The van der Waals surface area contributed by atoms with Gasteiger partial charge in [-0.3, -0.25) is 0 Å². The largest absolute Gasteiger partial charge is 0.338 e. The van der Waals surface area contributed by atoms with E-state index in [1.165, 1.54) is 0 Å². The first kappa shape index (κ1) is 12.3. The molecule has 0 aliphatic carbocycles. The molecule has 2 rings (SSSR count). The van der Waals surface area contributed by atoms with Crippen LogP contribution in [0.5, 0.6) is 0 Å². The molecule has 0 bridgehead atoms. The molecule has 2 aromatic rings. The van der Waals surface area contributed by atoms with Gasteiger partial charge in [0.15, 0.2) is 0 Å². The number of nitrogens with zero attached hydrogens (tertiary/aromatic N) is 4. The molecule has 0 saturated carbocycles. The van der Waals surface area contributed by atoms with Crippen molar-refractivity contribution in [2.24, 2.45) is 7.05 Å². The van der Waals surface area contributed by atoms with E-state index < -0.39 is 0 Å². The molecular weight excluding hydrogens is 232 g/mol. The van der Waals surface area contributed by atoms with Crippen molar-refractivity contribution in [3.63, 3.8) is 0 Å².